The molecule has 0 saturated carbocycles. The zero-order valence-corrected chi connectivity index (χ0v) is 11.2. The number of nitrogens with zero attached hydrogens (tertiary/aromatic N) is 1. The Morgan fingerprint density at radius 1 is 1.17 bits per heavy atom. The summed E-state index contributed by atoms with van der Waals surface area (Å²) in [7, 11) is 0. The van der Waals surface area contributed by atoms with Crippen molar-refractivity contribution in [2.75, 3.05) is 0 Å². The van der Waals surface area contributed by atoms with E-state index in [0.29, 0.717) is 5.56 Å². The molecule has 0 aliphatic heterocycles. The summed E-state index contributed by atoms with van der Waals surface area (Å²) >= 11 is 17.6. The molecule has 1 heterocycles. The molecular weight excluding hydrogens is 299 g/mol. The highest BCUT2D eigenvalue weighted by atomic mass is 35.5. The Bertz CT molecular complexity index is 581. The van der Waals surface area contributed by atoms with Crippen LogP contribution < -0.4 is 0 Å². The van der Waals surface area contributed by atoms with Gasteiger partial charge >= 0.3 is 0 Å². The van der Waals surface area contributed by atoms with Gasteiger partial charge in [0, 0.05) is 17.3 Å². The van der Waals surface area contributed by atoms with Crippen molar-refractivity contribution in [3.05, 3.63) is 50.8 Å². The first-order chi connectivity index (χ1) is 8.54. The number of hydrogen-bond acceptors (Lipinski definition) is 2. The maximum absolute atomic E-state index is 14.0. The van der Waals surface area contributed by atoms with E-state index < -0.39 is 12.4 Å². The third kappa shape index (κ3) is 2.45. The van der Waals surface area contributed by atoms with Crippen LogP contribution in [0, 0.1) is 5.82 Å². The largest absolute Gasteiger partial charge is 0.392 e. The zero-order valence-electron chi connectivity index (χ0n) is 8.92. The molecule has 0 aliphatic carbocycles. The van der Waals surface area contributed by atoms with Crippen molar-refractivity contribution in [2.24, 2.45) is 0 Å². The minimum Gasteiger partial charge on any atom is -0.392 e. The van der Waals surface area contributed by atoms with Gasteiger partial charge in [-0.05, 0) is 18.2 Å². The van der Waals surface area contributed by atoms with E-state index in [2.05, 4.69) is 4.98 Å². The molecule has 0 atom stereocenters. The summed E-state index contributed by atoms with van der Waals surface area (Å²) in [5, 5.41) is 9.65. The van der Waals surface area contributed by atoms with Gasteiger partial charge < -0.3 is 5.11 Å². The average molecular weight is 307 g/mol. The lowest BCUT2D eigenvalue weighted by Crippen LogP contribution is -1.96. The Hall–Kier alpha value is -0.870. The molecule has 0 saturated heterocycles. The van der Waals surface area contributed by atoms with E-state index in [1.807, 2.05) is 0 Å². The summed E-state index contributed by atoms with van der Waals surface area (Å²) in [6.45, 7) is -0.406. The molecule has 0 unspecified atom stereocenters. The second-order valence-corrected chi connectivity index (χ2v) is 4.74. The Morgan fingerprint density at radius 3 is 2.33 bits per heavy atom. The van der Waals surface area contributed by atoms with Crippen LogP contribution in [0.25, 0.3) is 11.3 Å². The molecule has 6 heteroatoms. The number of halogens is 4. The number of aliphatic hydroxyl groups is 1. The van der Waals surface area contributed by atoms with Crippen LogP contribution in [0.5, 0.6) is 0 Å². The highest BCUT2D eigenvalue weighted by Crippen LogP contribution is 2.35. The third-order valence-electron chi connectivity index (χ3n) is 2.40. The quantitative estimate of drug-likeness (QED) is 0.837. The normalized spacial score (nSPS) is 10.7. The maximum atomic E-state index is 14.0. The average Bonchev–Trinajstić information content (AvgIpc) is 2.35. The molecule has 94 valence electrons. The predicted octanol–water partition coefficient (Wildman–Crippen LogP) is 4.34. The summed E-state index contributed by atoms with van der Waals surface area (Å²) in [4.78, 5) is 3.92. The fraction of sp³-hybridized carbons (Fsp3) is 0.0833. The van der Waals surface area contributed by atoms with E-state index in [4.69, 9.17) is 39.9 Å². The van der Waals surface area contributed by atoms with Crippen molar-refractivity contribution >= 4 is 34.8 Å². The first-order valence-electron chi connectivity index (χ1n) is 4.93. The monoisotopic (exact) mass is 305 g/mol. The molecule has 1 N–H and O–H groups in total. The third-order valence-corrected chi connectivity index (χ3v) is 3.59. The zero-order chi connectivity index (χ0) is 13.3. The highest BCUT2D eigenvalue weighted by molar-refractivity contribution is 6.48. The number of rotatable bonds is 2. The van der Waals surface area contributed by atoms with Crippen LogP contribution in [0.2, 0.25) is 15.1 Å². The predicted molar refractivity (Wildman–Crippen MR) is 70.6 cm³/mol. The van der Waals surface area contributed by atoms with Crippen molar-refractivity contribution in [3.63, 3.8) is 0 Å². The van der Waals surface area contributed by atoms with Gasteiger partial charge in [-0.15, -0.1) is 0 Å². The molecule has 18 heavy (non-hydrogen) atoms. The molecule has 0 fully saturated rings. The summed E-state index contributed by atoms with van der Waals surface area (Å²) in [6.07, 6.45) is 1.40. The molecule has 0 bridgehead atoms. The molecular formula is C12H7Cl3FNO. The molecule has 0 radical (unpaired) electrons. The van der Waals surface area contributed by atoms with Gasteiger partial charge in [-0.1, -0.05) is 34.8 Å². The second kappa shape index (κ2) is 5.41. The summed E-state index contributed by atoms with van der Waals surface area (Å²) in [6, 6.07) is 4.35. The van der Waals surface area contributed by atoms with E-state index in [1.165, 1.54) is 24.4 Å². The molecule has 0 aliphatic rings. The van der Waals surface area contributed by atoms with Gasteiger partial charge in [-0.3, -0.25) is 4.98 Å². The smallest absolute Gasteiger partial charge is 0.154 e. The Morgan fingerprint density at radius 2 is 1.78 bits per heavy atom. The number of benzene rings is 1. The van der Waals surface area contributed by atoms with Crippen molar-refractivity contribution < 1.29 is 9.50 Å². The van der Waals surface area contributed by atoms with Crippen molar-refractivity contribution in [3.8, 4) is 11.3 Å². The molecule has 1 aromatic heterocycles. The lowest BCUT2D eigenvalue weighted by molar-refractivity contribution is 0.275. The maximum Gasteiger partial charge on any atom is 0.154 e. The standard InChI is InChI=1S/C12H7Cl3FNO/c13-8-3-7(4-9(14)10(8)15)12-11(16)6(5-18)1-2-17-12/h1-4,18H,5H2. The minimum atomic E-state index is -0.602. The number of pyridine rings is 1. The molecule has 2 aromatic rings. The molecule has 2 rings (SSSR count). The van der Waals surface area contributed by atoms with E-state index in [0.717, 1.165) is 0 Å². The van der Waals surface area contributed by atoms with Gasteiger partial charge in [0.15, 0.2) is 5.82 Å². The lowest BCUT2D eigenvalue weighted by atomic mass is 10.1. The fourth-order valence-electron chi connectivity index (χ4n) is 1.50. The van der Waals surface area contributed by atoms with E-state index in [1.54, 1.807) is 0 Å². The van der Waals surface area contributed by atoms with Crippen LogP contribution in [-0.2, 0) is 6.61 Å². The van der Waals surface area contributed by atoms with E-state index in [9.17, 15) is 4.39 Å². The Balaban J connectivity index is 2.62. The van der Waals surface area contributed by atoms with Gasteiger partial charge in [0.05, 0.1) is 21.7 Å². The summed E-state index contributed by atoms with van der Waals surface area (Å²) < 4.78 is 14.0. The van der Waals surface area contributed by atoms with Gasteiger partial charge in [-0.2, -0.15) is 0 Å². The van der Waals surface area contributed by atoms with Crippen LogP contribution in [0.3, 0.4) is 0 Å². The molecule has 0 amide bonds. The Kier molecular flexibility index (Phi) is 4.07. The van der Waals surface area contributed by atoms with Crippen LogP contribution >= 0.6 is 34.8 Å². The van der Waals surface area contributed by atoms with Crippen molar-refractivity contribution in [1.82, 2.24) is 4.98 Å². The number of hydrogen-bond donors (Lipinski definition) is 1. The van der Waals surface area contributed by atoms with Gasteiger partial charge in [0.25, 0.3) is 0 Å². The van der Waals surface area contributed by atoms with Crippen LogP contribution in [-0.4, -0.2) is 10.1 Å². The minimum absolute atomic E-state index is 0.0713. The van der Waals surface area contributed by atoms with Crippen molar-refractivity contribution in [1.29, 1.82) is 0 Å². The Labute approximate surface area is 118 Å². The van der Waals surface area contributed by atoms with Crippen molar-refractivity contribution in [2.45, 2.75) is 6.61 Å². The topological polar surface area (TPSA) is 33.1 Å². The van der Waals surface area contributed by atoms with E-state index >= 15 is 0 Å². The van der Waals surface area contributed by atoms with Gasteiger partial charge in [-0.25, -0.2) is 4.39 Å². The molecule has 0 spiro atoms. The highest BCUT2D eigenvalue weighted by Gasteiger charge is 2.14. The van der Waals surface area contributed by atoms with Gasteiger partial charge in [0.2, 0.25) is 0 Å². The first kappa shape index (κ1) is 13.6. The molecule has 1 aromatic carbocycles. The summed E-state index contributed by atoms with van der Waals surface area (Å²) in [5.74, 6) is -0.602. The SMILES string of the molecule is OCc1ccnc(-c2cc(Cl)c(Cl)c(Cl)c2)c1F. The summed E-state index contributed by atoms with van der Waals surface area (Å²) in [5.41, 5.74) is 0.631. The first-order valence-corrected chi connectivity index (χ1v) is 6.07. The van der Waals surface area contributed by atoms with Crippen LogP contribution in [0.1, 0.15) is 5.56 Å². The number of aliphatic hydroxyl groups excluding tert-OH is 1. The lowest BCUT2D eigenvalue weighted by Gasteiger charge is -2.08. The second-order valence-electron chi connectivity index (χ2n) is 3.54. The van der Waals surface area contributed by atoms with Crippen LogP contribution in [0.4, 0.5) is 4.39 Å². The number of aromatic nitrogens is 1. The molecule has 2 nitrogen and oxygen atoms in total. The van der Waals surface area contributed by atoms with Crippen LogP contribution in [0.15, 0.2) is 24.4 Å². The van der Waals surface area contributed by atoms with E-state index in [-0.39, 0.29) is 26.3 Å². The van der Waals surface area contributed by atoms with Gasteiger partial charge in [0.1, 0.15) is 5.69 Å². The fourth-order valence-corrected chi connectivity index (χ4v) is 2.10.